The quantitative estimate of drug-likeness (QED) is 0.764. The van der Waals surface area contributed by atoms with Crippen molar-refractivity contribution in [3.05, 3.63) is 53.1 Å². The Bertz CT molecular complexity index is 929. The Morgan fingerprint density at radius 2 is 1.93 bits per heavy atom. The molecule has 6 nitrogen and oxygen atoms in total. The van der Waals surface area contributed by atoms with Gasteiger partial charge >= 0.3 is 0 Å². The molecule has 0 aliphatic carbocycles. The van der Waals surface area contributed by atoms with Gasteiger partial charge in [0.2, 0.25) is 15.9 Å². The Kier molecular flexibility index (Phi) is 6.04. The molecule has 1 N–H and O–H groups in total. The highest BCUT2D eigenvalue weighted by atomic mass is 35.5. The summed E-state index contributed by atoms with van der Waals surface area (Å²) in [5.74, 6) is 0.448. The number of anilines is 1. The van der Waals surface area contributed by atoms with Crippen LogP contribution in [-0.4, -0.2) is 34.5 Å². The fourth-order valence-electron chi connectivity index (χ4n) is 3.01. The van der Waals surface area contributed by atoms with Gasteiger partial charge in [0.05, 0.1) is 17.7 Å². The summed E-state index contributed by atoms with van der Waals surface area (Å²) in [5, 5.41) is 0.640. The summed E-state index contributed by atoms with van der Waals surface area (Å²) >= 11 is 5.85. The van der Waals surface area contributed by atoms with Crippen molar-refractivity contribution in [2.45, 2.75) is 24.2 Å². The molecule has 1 heterocycles. The number of nitrogens with one attached hydrogen (secondary N) is 1. The maximum atomic E-state index is 12.6. The predicted molar refractivity (Wildman–Crippen MR) is 105 cm³/mol. The zero-order valence-electron chi connectivity index (χ0n) is 14.9. The highest BCUT2D eigenvalue weighted by Gasteiger charge is 2.26. The van der Waals surface area contributed by atoms with Crippen LogP contribution in [0.3, 0.4) is 0 Å². The van der Waals surface area contributed by atoms with Crippen molar-refractivity contribution < 1.29 is 17.9 Å². The third kappa shape index (κ3) is 4.61. The van der Waals surface area contributed by atoms with Crippen molar-refractivity contribution in [1.82, 2.24) is 4.72 Å². The van der Waals surface area contributed by atoms with Gasteiger partial charge in [0.25, 0.3) is 0 Å². The van der Waals surface area contributed by atoms with E-state index in [0.717, 1.165) is 12.0 Å². The van der Waals surface area contributed by atoms with Crippen LogP contribution in [-0.2, 0) is 21.2 Å². The highest BCUT2D eigenvalue weighted by Crippen LogP contribution is 2.33. The molecule has 2 aromatic rings. The molecule has 0 saturated carbocycles. The molecule has 0 radical (unpaired) electrons. The summed E-state index contributed by atoms with van der Waals surface area (Å²) < 4.78 is 33.2. The van der Waals surface area contributed by atoms with Crippen LogP contribution in [0, 0.1) is 0 Å². The molecule has 0 aromatic heterocycles. The molecule has 0 bridgehead atoms. The number of ether oxygens (including phenoxy) is 1. The third-order valence-electron chi connectivity index (χ3n) is 4.44. The van der Waals surface area contributed by atoms with Gasteiger partial charge in [0.15, 0.2) is 0 Å². The molecule has 1 aliphatic rings. The lowest BCUT2D eigenvalue weighted by atomic mass is 10.2. The summed E-state index contributed by atoms with van der Waals surface area (Å²) in [6, 6.07) is 11.8. The van der Waals surface area contributed by atoms with E-state index >= 15 is 0 Å². The molecule has 8 heteroatoms. The third-order valence-corrected chi connectivity index (χ3v) is 6.15. The molecule has 3 rings (SSSR count). The van der Waals surface area contributed by atoms with Crippen LogP contribution in [0.25, 0.3) is 0 Å². The molecule has 1 amide bonds. The molecule has 2 aromatic carbocycles. The van der Waals surface area contributed by atoms with Crippen molar-refractivity contribution >= 4 is 33.2 Å². The molecule has 144 valence electrons. The number of carbonyl (C=O) groups is 1. The van der Waals surface area contributed by atoms with Crippen LogP contribution >= 0.6 is 11.6 Å². The summed E-state index contributed by atoms with van der Waals surface area (Å²) in [4.78, 5) is 13.7. The number of carbonyl (C=O) groups excluding carboxylic acids is 1. The van der Waals surface area contributed by atoms with Crippen LogP contribution in [0.2, 0.25) is 5.02 Å². The lowest BCUT2D eigenvalue weighted by molar-refractivity contribution is -0.117. The molecule has 27 heavy (non-hydrogen) atoms. The largest absolute Gasteiger partial charge is 0.495 e. The van der Waals surface area contributed by atoms with Crippen molar-refractivity contribution in [3.63, 3.8) is 0 Å². The van der Waals surface area contributed by atoms with Gasteiger partial charge in [-0.15, -0.1) is 0 Å². The van der Waals surface area contributed by atoms with Crippen molar-refractivity contribution in [1.29, 1.82) is 0 Å². The van der Waals surface area contributed by atoms with Crippen LogP contribution in [0.15, 0.2) is 47.4 Å². The number of methoxy groups -OCH3 is 1. The lowest BCUT2D eigenvalue weighted by Crippen LogP contribution is -2.27. The first-order chi connectivity index (χ1) is 12.9. The van der Waals surface area contributed by atoms with E-state index in [1.54, 1.807) is 23.1 Å². The van der Waals surface area contributed by atoms with Gasteiger partial charge in [0.1, 0.15) is 5.75 Å². The van der Waals surface area contributed by atoms with E-state index in [9.17, 15) is 13.2 Å². The maximum Gasteiger partial charge on any atom is 0.240 e. The van der Waals surface area contributed by atoms with Crippen LogP contribution in [0.5, 0.6) is 5.75 Å². The monoisotopic (exact) mass is 408 g/mol. The lowest BCUT2D eigenvalue weighted by Gasteiger charge is -2.20. The van der Waals surface area contributed by atoms with Crippen molar-refractivity contribution in [2.24, 2.45) is 0 Å². The van der Waals surface area contributed by atoms with Gasteiger partial charge in [0, 0.05) is 24.5 Å². The van der Waals surface area contributed by atoms with E-state index in [1.165, 1.54) is 19.2 Å². The van der Waals surface area contributed by atoms with E-state index in [1.807, 2.05) is 12.1 Å². The molecular formula is C19H21ClN2O4S. The van der Waals surface area contributed by atoms with Gasteiger partial charge in [-0.2, -0.15) is 0 Å². The minimum Gasteiger partial charge on any atom is -0.495 e. The van der Waals surface area contributed by atoms with Gasteiger partial charge in [-0.3, -0.25) is 4.79 Å². The number of sulfonamides is 1. The minimum atomic E-state index is -3.70. The topological polar surface area (TPSA) is 75.7 Å². The normalized spacial score (nSPS) is 14.6. The molecule has 1 aliphatic heterocycles. The number of halogens is 1. The van der Waals surface area contributed by atoms with Gasteiger partial charge in [-0.1, -0.05) is 23.7 Å². The number of rotatable bonds is 7. The Hall–Kier alpha value is -2.09. The van der Waals surface area contributed by atoms with Gasteiger partial charge in [-0.25, -0.2) is 13.1 Å². The maximum absolute atomic E-state index is 12.6. The molecule has 0 unspecified atom stereocenters. The van der Waals surface area contributed by atoms with E-state index in [-0.39, 0.29) is 17.3 Å². The Labute approximate surface area is 164 Å². The zero-order chi connectivity index (χ0) is 19.4. The SMILES string of the molecule is COc1ccc(S(=O)(=O)NCCc2ccc(Cl)cc2)cc1N1CCCC1=O. The minimum absolute atomic E-state index is 0.0291. The van der Waals surface area contributed by atoms with Gasteiger partial charge in [-0.05, 0) is 48.7 Å². The Morgan fingerprint density at radius 3 is 2.56 bits per heavy atom. The Morgan fingerprint density at radius 1 is 1.19 bits per heavy atom. The standard InChI is InChI=1S/C19H21ClN2O4S/c1-26-18-9-8-16(13-17(18)22-12-2-3-19(22)23)27(24,25)21-11-10-14-4-6-15(20)7-5-14/h4-9,13,21H,2-3,10-12H2,1H3. The van der Waals surface area contributed by atoms with Crippen LogP contribution in [0.4, 0.5) is 5.69 Å². The van der Waals surface area contributed by atoms with E-state index in [0.29, 0.717) is 35.8 Å². The number of hydrogen-bond donors (Lipinski definition) is 1. The summed E-state index contributed by atoms with van der Waals surface area (Å²) in [5.41, 5.74) is 1.47. The second-order valence-corrected chi connectivity index (χ2v) is 8.46. The van der Waals surface area contributed by atoms with E-state index in [2.05, 4.69) is 4.72 Å². The van der Waals surface area contributed by atoms with Gasteiger partial charge < -0.3 is 9.64 Å². The van der Waals surface area contributed by atoms with Crippen molar-refractivity contribution in [3.8, 4) is 5.75 Å². The first kappa shape index (κ1) is 19.7. The molecule has 1 fully saturated rings. The van der Waals surface area contributed by atoms with Crippen LogP contribution in [0.1, 0.15) is 18.4 Å². The van der Waals surface area contributed by atoms with E-state index in [4.69, 9.17) is 16.3 Å². The fourth-order valence-corrected chi connectivity index (χ4v) is 4.19. The number of benzene rings is 2. The average Bonchev–Trinajstić information content (AvgIpc) is 3.08. The van der Waals surface area contributed by atoms with E-state index < -0.39 is 10.0 Å². The molecule has 1 saturated heterocycles. The molecule has 0 spiro atoms. The fraction of sp³-hybridized carbons (Fsp3) is 0.316. The number of hydrogen-bond acceptors (Lipinski definition) is 4. The molecular weight excluding hydrogens is 388 g/mol. The van der Waals surface area contributed by atoms with Crippen molar-refractivity contribution in [2.75, 3.05) is 25.1 Å². The highest BCUT2D eigenvalue weighted by molar-refractivity contribution is 7.89. The second kappa shape index (κ2) is 8.29. The second-order valence-electron chi connectivity index (χ2n) is 6.26. The Balaban J connectivity index is 1.75. The smallest absolute Gasteiger partial charge is 0.240 e. The first-order valence-electron chi connectivity index (χ1n) is 8.63. The predicted octanol–water partition coefficient (Wildman–Crippen LogP) is 3.00. The number of nitrogens with zero attached hydrogens (tertiary/aromatic N) is 1. The average molecular weight is 409 g/mol. The first-order valence-corrected chi connectivity index (χ1v) is 10.5. The summed E-state index contributed by atoms with van der Waals surface area (Å²) in [6.45, 7) is 0.816. The molecule has 0 atom stereocenters. The summed E-state index contributed by atoms with van der Waals surface area (Å²) in [7, 11) is -2.20. The zero-order valence-corrected chi connectivity index (χ0v) is 16.5. The summed E-state index contributed by atoms with van der Waals surface area (Å²) in [6.07, 6.45) is 1.75. The van der Waals surface area contributed by atoms with Crippen LogP contribution < -0.4 is 14.4 Å². The number of amides is 1.